The summed E-state index contributed by atoms with van der Waals surface area (Å²) in [6.07, 6.45) is 1.13. The van der Waals surface area contributed by atoms with Gasteiger partial charge in [-0.15, -0.1) is 0 Å². The molecular formula is C28H32N4O5S. The number of nitrogens with one attached hydrogen (secondary N) is 2. The number of ether oxygens (including phenoxy) is 1. The number of hydrogen-bond donors (Lipinski definition) is 2. The van der Waals surface area contributed by atoms with Crippen molar-refractivity contribution in [2.24, 2.45) is 0 Å². The van der Waals surface area contributed by atoms with Gasteiger partial charge in [-0.25, -0.2) is 8.42 Å². The number of morpholine rings is 1. The van der Waals surface area contributed by atoms with Crippen LogP contribution in [0.25, 0.3) is 0 Å². The number of aryl methyl sites for hydroxylation is 1. The second-order valence-corrected chi connectivity index (χ2v) is 11.0. The fourth-order valence-electron chi connectivity index (χ4n) is 4.31. The van der Waals surface area contributed by atoms with Crippen molar-refractivity contribution in [2.45, 2.75) is 13.8 Å². The first kappa shape index (κ1) is 27.2. The number of carbonyl (C=O) groups excluding carboxylic acids is 2. The third kappa shape index (κ3) is 6.51. The molecule has 2 N–H and O–H groups in total. The van der Waals surface area contributed by atoms with E-state index in [1.807, 2.05) is 31.2 Å². The second-order valence-electron chi connectivity index (χ2n) is 9.07. The van der Waals surface area contributed by atoms with Crippen molar-refractivity contribution >= 4 is 44.6 Å². The number of hydrogen-bond acceptors (Lipinski definition) is 6. The van der Waals surface area contributed by atoms with Crippen LogP contribution in [0.5, 0.6) is 0 Å². The Labute approximate surface area is 223 Å². The Morgan fingerprint density at radius 3 is 2.26 bits per heavy atom. The Bertz CT molecular complexity index is 1430. The highest BCUT2D eigenvalue weighted by atomic mass is 32.2. The molecule has 0 bridgehead atoms. The number of benzene rings is 3. The predicted molar refractivity (Wildman–Crippen MR) is 151 cm³/mol. The minimum Gasteiger partial charge on any atom is -0.378 e. The Morgan fingerprint density at radius 1 is 0.921 bits per heavy atom. The minimum atomic E-state index is -3.47. The Balaban J connectivity index is 1.49. The van der Waals surface area contributed by atoms with Crippen molar-refractivity contribution in [3.05, 3.63) is 83.4 Å². The van der Waals surface area contributed by atoms with Crippen molar-refractivity contribution < 1.29 is 22.7 Å². The molecule has 4 rings (SSSR count). The standard InChI is InChI=1S/C28H32N4O5S/c1-4-32(38(3,35)36)25-10-6-8-22(18-25)28(34)30-26-19-23(12-11-20(26)2)29-27(33)21-7-5-9-24(17-21)31-13-15-37-16-14-31/h5-12,17-19H,4,13-16H2,1-3H3,(H,29,33)(H,30,34). The fraction of sp³-hybridized carbons (Fsp3) is 0.286. The van der Waals surface area contributed by atoms with Gasteiger partial charge >= 0.3 is 0 Å². The summed E-state index contributed by atoms with van der Waals surface area (Å²) in [5.41, 5.74) is 4.12. The van der Waals surface area contributed by atoms with Crippen LogP contribution >= 0.6 is 0 Å². The molecule has 3 aromatic rings. The SMILES string of the molecule is CCN(c1cccc(C(=O)Nc2cc(NC(=O)c3cccc(N4CCOCC4)c3)ccc2C)c1)S(C)(=O)=O. The van der Waals surface area contributed by atoms with E-state index in [1.54, 1.807) is 49.4 Å². The van der Waals surface area contributed by atoms with E-state index < -0.39 is 10.0 Å². The average Bonchev–Trinajstić information content (AvgIpc) is 2.91. The van der Waals surface area contributed by atoms with Gasteiger partial charge in [-0.3, -0.25) is 13.9 Å². The first-order valence-corrected chi connectivity index (χ1v) is 14.2. The van der Waals surface area contributed by atoms with Crippen molar-refractivity contribution in [3.63, 3.8) is 0 Å². The van der Waals surface area contributed by atoms with Crippen LogP contribution in [0.4, 0.5) is 22.7 Å². The van der Waals surface area contributed by atoms with Crippen LogP contribution in [0.2, 0.25) is 0 Å². The molecule has 1 aliphatic rings. The maximum Gasteiger partial charge on any atom is 0.255 e. The average molecular weight is 537 g/mol. The maximum atomic E-state index is 13.0. The molecule has 0 saturated carbocycles. The maximum absolute atomic E-state index is 13.0. The highest BCUT2D eigenvalue weighted by Crippen LogP contribution is 2.24. The Hall–Kier alpha value is -3.89. The van der Waals surface area contributed by atoms with Crippen molar-refractivity contribution in [1.29, 1.82) is 0 Å². The van der Waals surface area contributed by atoms with Gasteiger partial charge in [0, 0.05) is 47.8 Å². The molecule has 1 heterocycles. The van der Waals surface area contributed by atoms with E-state index in [4.69, 9.17) is 4.74 Å². The third-order valence-electron chi connectivity index (χ3n) is 6.31. The lowest BCUT2D eigenvalue weighted by Gasteiger charge is -2.29. The van der Waals surface area contributed by atoms with Crippen LogP contribution in [0.1, 0.15) is 33.2 Å². The molecule has 0 spiro atoms. The minimum absolute atomic E-state index is 0.250. The van der Waals surface area contributed by atoms with Crippen LogP contribution in [0.3, 0.4) is 0 Å². The molecule has 0 aliphatic carbocycles. The van der Waals surface area contributed by atoms with Gasteiger partial charge in [-0.05, 0) is 67.9 Å². The summed E-state index contributed by atoms with van der Waals surface area (Å²) in [6.45, 7) is 6.71. The van der Waals surface area contributed by atoms with Gasteiger partial charge in [-0.1, -0.05) is 18.2 Å². The smallest absolute Gasteiger partial charge is 0.255 e. The first-order chi connectivity index (χ1) is 18.2. The molecule has 1 aliphatic heterocycles. The molecule has 3 aromatic carbocycles. The lowest BCUT2D eigenvalue weighted by molar-refractivity contribution is 0.101. The van der Waals surface area contributed by atoms with Gasteiger partial charge in [0.15, 0.2) is 0 Å². The number of carbonyl (C=O) groups is 2. The number of sulfonamides is 1. The van der Waals surface area contributed by atoms with Crippen LogP contribution in [0, 0.1) is 6.92 Å². The first-order valence-electron chi connectivity index (χ1n) is 12.4. The molecule has 1 saturated heterocycles. The number of rotatable bonds is 8. The van der Waals surface area contributed by atoms with E-state index >= 15 is 0 Å². The summed E-state index contributed by atoms with van der Waals surface area (Å²) in [5.74, 6) is -0.643. The largest absolute Gasteiger partial charge is 0.378 e. The predicted octanol–water partition coefficient (Wildman–Crippen LogP) is 4.12. The molecule has 0 radical (unpaired) electrons. The topological polar surface area (TPSA) is 108 Å². The molecule has 10 heteroatoms. The lowest BCUT2D eigenvalue weighted by Crippen LogP contribution is -2.36. The van der Waals surface area contributed by atoms with Crippen LogP contribution in [-0.4, -0.2) is 59.3 Å². The molecule has 2 amide bonds. The summed E-state index contributed by atoms with van der Waals surface area (Å²) in [7, 11) is -3.47. The molecule has 38 heavy (non-hydrogen) atoms. The molecule has 200 valence electrons. The van der Waals surface area contributed by atoms with Gasteiger partial charge in [-0.2, -0.15) is 0 Å². The van der Waals surface area contributed by atoms with Crippen LogP contribution in [0.15, 0.2) is 66.7 Å². The molecule has 1 fully saturated rings. The highest BCUT2D eigenvalue weighted by molar-refractivity contribution is 7.92. The summed E-state index contributed by atoms with van der Waals surface area (Å²) in [6, 6.07) is 19.2. The quantitative estimate of drug-likeness (QED) is 0.448. The van der Waals surface area contributed by atoms with Crippen molar-refractivity contribution in [3.8, 4) is 0 Å². The normalized spacial score (nSPS) is 13.6. The van der Waals surface area contributed by atoms with Gasteiger partial charge in [0.1, 0.15) is 0 Å². The molecule has 0 atom stereocenters. The fourth-order valence-corrected chi connectivity index (χ4v) is 5.27. The van der Waals surface area contributed by atoms with E-state index in [0.29, 0.717) is 41.4 Å². The number of nitrogens with zero attached hydrogens (tertiary/aromatic N) is 2. The molecule has 0 aromatic heterocycles. The summed E-state index contributed by atoms with van der Waals surface area (Å²) in [4.78, 5) is 28.2. The highest BCUT2D eigenvalue weighted by Gasteiger charge is 2.18. The summed E-state index contributed by atoms with van der Waals surface area (Å²) >= 11 is 0. The molecule has 9 nitrogen and oxygen atoms in total. The van der Waals surface area contributed by atoms with Gasteiger partial charge < -0.3 is 20.3 Å². The third-order valence-corrected chi connectivity index (χ3v) is 7.58. The zero-order chi connectivity index (χ0) is 27.3. The Morgan fingerprint density at radius 2 is 1.58 bits per heavy atom. The molecular weight excluding hydrogens is 504 g/mol. The number of anilines is 4. The van der Waals surface area contributed by atoms with Crippen LogP contribution in [-0.2, 0) is 14.8 Å². The lowest BCUT2D eigenvalue weighted by atomic mass is 10.1. The van der Waals surface area contributed by atoms with Crippen LogP contribution < -0.4 is 19.8 Å². The summed E-state index contributed by atoms with van der Waals surface area (Å²) in [5, 5.41) is 5.79. The van der Waals surface area contributed by atoms with E-state index in [9.17, 15) is 18.0 Å². The summed E-state index contributed by atoms with van der Waals surface area (Å²) < 4.78 is 30.8. The van der Waals surface area contributed by atoms with Crippen molar-refractivity contribution in [1.82, 2.24) is 0 Å². The second kappa shape index (κ2) is 11.7. The zero-order valence-corrected chi connectivity index (χ0v) is 22.5. The van der Waals surface area contributed by atoms with Gasteiger partial charge in [0.05, 0.1) is 25.2 Å². The zero-order valence-electron chi connectivity index (χ0n) is 21.7. The Kier molecular flexibility index (Phi) is 8.33. The van der Waals surface area contributed by atoms with E-state index in [1.165, 1.54) is 4.31 Å². The van der Waals surface area contributed by atoms with Gasteiger partial charge in [0.25, 0.3) is 11.8 Å². The van der Waals surface area contributed by atoms with E-state index in [-0.39, 0.29) is 18.4 Å². The monoisotopic (exact) mass is 536 g/mol. The van der Waals surface area contributed by atoms with Gasteiger partial charge in [0.2, 0.25) is 10.0 Å². The van der Waals surface area contributed by atoms with E-state index in [0.717, 1.165) is 30.6 Å². The number of amides is 2. The molecule has 0 unspecified atom stereocenters. The van der Waals surface area contributed by atoms with E-state index in [2.05, 4.69) is 15.5 Å². The van der Waals surface area contributed by atoms with Crippen molar-refractivity contribution in [2.75, 3.05) is 58.9 Å².